The second kappa shape index (κ2) is 7.81. The molecule has 1 aromatic carbocycles. The van der Waals surface area contributed by atoms with Crippen molar-refractivity contribution in [1.29, 1.82) is 0 Å². The number of hydrogen-bond acceptors (Lipinski definition) is 5. The van der Waals surface area contributed by atoms with Crippen LogP contribution in [-0.2, 0) is 11.2 Å². The first-order valence-electron chi connectivity index (χ1n) is 8.37. The van der Waals surface area contributed by atoms with Gasteiger partial charge in [-0.2, -0.15) is 0 Å². The maximum Gasteiger partial charge on any atom is 0.269 e. The van der Waals surface area contributed by atoms with Gasteiger partial charge in [-0.1, -0.05) is 12.1 Å². The Morgan fingerprint density at radius 3 is 2.46 bits per heavy atom. The van der Waals surface area contributed by atoms with E-state index in [1.54, 1.807) is 23.1 Å². The molecule has 2 aromatic rings. The minimum absolute atomic E-state index is 0.00354. The Kier molecular flexibility index (Phi) is 5.31. The van der Waals surface area contributed by atoms with Gasteiger partial charge in [0, 0.05) is 31.3 Å². The number of carbonyl (C=O) groups is 2. The Morgan fingerprint density at radius 2 is 1.88 bits per heavy atom. The quantitative estimate of drug-likeness (QED) is 0.652. The molecule has 0 aliphatic carbocycles. The van der Waals surface area contributed by atoms with E-state index in [9.17, 15) is 19.7 Å². The number of carbonyl (C=O) groups excluding carboxylic acids is 2. The number of nitro benzene ring substituents is 1. The fourth-order valence-electron chi connectivity index (χ4n) is 3.00. The van der Waals surface area contributed by atoms with Crippen molar-refractivity contribution in [1.82, 2.24) is 10.2 Å². The first kappa shape index (κ1) is 17.7. The van der Waals surface area contributed by atoms with Gasteiger partial charge in [-0.05, 0) is 24.5 Å². The van der Waals surface area contributed by atoms with Crippen molar-refractivity contribution < 1.29 is 18.9 Å². The summed E-state index contributed by atoms with van der Waals surface area (Å²) in [4.78, 5) is 36.3. The number of rotatable bonds is 5. The van der Waals surface area contributed by atoms with Gasteiger partial charge in [-0.15, -0.1) is 0 Å². The number of likely N-dealkylation sites (tertiary alicyclic amines) is 1. The van der Waals surface area contributed by atoms with Crippen molar-refractivity contribution in [3.05, 3.63) is 64.1 Å². The van der Waals surface area contributed by atoms with Gasteiger partial charge in [0.15, 0.2) is 0 Å². The van der Waals surface area contributed by atoms with Gasteiger partial charge in [-0.25, -0.2) is 0 Å². The second-order valence-corrected chi connectivity index (χ2v) is 6.25. The van der Waals surface area contributed by atoms with Crippen molar-refractivity contribution in [3.8, 4) is 0 Å². The van der Waals surface area contributed by atoms with Gasteiger partial charge >= 0.3 is 0 Å². The van der Waals surface area contributed by atoms with Crippen LogP contribution < -0.4 is 5.32 Å². The number of non-ortho nitro benzene ring substituents is 1. The van der Waals surface area contributed by atoms with Gasteiger partial charge in [0.05, 0.1) is 23.2 Å². The number of benzene rings is 1. The fourth-order valence-corrected chi connectivity index (χ4v) is 3.00. The largest absolute Gasteiger partial charge is 0.472 e. The van der Waals surface area contributed by atoms with Crippen LogP contribution in [0.25, 0.3) is 0 Å². The normalized spacial score (nSPS) is 14.8. The van der Waals surface area contributed by atoms with Crippen molar-refractivity contribution in [3.63, 3.8) is 0 Å². The van der Waals surface area contributed by atoms with E-state index in [-0.39, 0.29) is 30.0 Å². The van der Waals surface area contributed by atoms with E-state index in [1.165, 1.54) is 24.7 Å². The predicted octanol–water partition coefficient (Wildman–Crippen LogP) is 2.15. The van der Waals surface area contributed by atoms with E-state index >= 15 is 0 Å². The summed E-state index contributed by atoms with van der Waals surface area (Å²) in [7, 11) is 0. The Bertz CT molecular complexity index is 778. The third-order valence-electron chi connectivity index (χ3n) is 4.43. The Morgan fingerprint density at radius 1 is 1.19 bits per heavy atom. The number of nitrogens with zero attached hydrogens (tertiary/aromatic N) is 2. The van der Waals surface area contributed by atoms with E-state index in [4.69, 9.17) is 4.42 Å². The Balaban J connectivity index is 1.46. The zero-order chi connectivity index (χ0) is 18.5. The molecule has 8 nitrogen and oxygen atoms in total. The van der Waals surface area contributed by atoms with Gasteiger partial charge in [0.2, 0.25) is 5.91 Å². The molecule has 0 bridgehead atoms. The standard InChI is InChI=1S/C18H19N3O5/c22-17(11-13-1-3-16(4-2-13)21(24)25)19-15-5-8-20(9-6-15)18(23)14-7-10-26-12-14/h1-4,7,10,12,15H,5-6,8-9,11H2,(H,19,22). The van der Waals surface area contributed by atoms with E-state index in [0.717, 1.165) is 5.56 Å². The molecule has 1 saturated heterocycles. The van der Waals surface area contributed by atoms with Crippen LogP contribution in [0.2, 0.25) is 0 Å². The molecule has 26 heavy (non-hydrogen) atoms. The van der Waals surface area contributed by atoms with Gasteiger partial charge in [0.25, 0.3) is 11.6 Å². The van der Waals surface area contributed by atoms with E-state index in [0.29, 0.717) is 31.5 Å². The summed E-state index contributed by atoms with van der Waals surface area (Å²) in [6.45, 7) is 1.15. The van der Waals surface area contributed by atoms with Crippen LogP contribution in [0.4, 0.5) is 5.69 Å². The maximum atomic E-state index is 12.2. The van der Waals surface area contributed by atoms with Gasteiger partial charge in [0.1, 0.15) is 6.26 Å². The lowest BCUT2D eigenvalue weighted by atomic mass is 10.0. The number of nitro groups is 1. The molecule has 136 valence electrons. The molecule has 0 atom stereocenters. The van der Waals surface area contributed by atoms with Gasteiger partial charge in [-0.3, -0.25) is 19.7 Å². The highest BCUT2D eigenvalue weighted by Crippen LogP contribution is 2.15. The lowest BCUT2D eigenvalue weighted by Crippen LogP contribution is -2.46. The predicted molar refractivity (Wildman–Crippen MR) is 92.6 cm³/mol. The van der Waals surface area contributed by atoms with E-state index in [2.05, 4.69) is 5.32 Å². The molecule has 0 unspecified atom stereocenters. The zero-order valence-corrected chi connectivity index (χ0v) is 14.1. The average molecular weight is 357 g/mol. The Hall–Kier alpha value is -3.16. The molecule has 2 heterocycles. The highest BCUT2D eigenvalue weighted by molar-refractivity contribution is 5.93. The number of nitrogens with one attached hydrogen (secondary N) is 1. The first-order valence-corrected chi connectivity index (χ1v) is 8.37. The lowest BCUT2D eigenvalue weighted by Gasteiger charge is -2.32. The molecular weight excluding hydrogens is 338 g/mol. The minimum atomic E-state index is -0.470. The summed E-state index contributed by atoms with van der Waals surface area (Å²) in [6.07, 6.45) is 4.45. The molecule has 2 amide bonds. The van der Waals surface area contributed by atoms with Crippen molar-refractivity contribution in [2.75, 3.05) is 13.1 Å². The number of hydrogen-bond donors (Lipinski definition) is 1. The van der Waals surface area contributed by atoms with Gasteiger partial charge < -0.3 is 14.6 Å². The number of amides is 2. The van der Waals surface area contributed by atoms with Crippen LogP contribution in [-0.4, -0.2) is 40.8 Å². The molecule has 1 aliphatic heterocycles. The molecule has 1 fully saturated rings. The smallest absolute Gasteiger partial charge is 0.269 e. The summed E-state index contributed by atoms with van der Waals surface area (Å²) in [5.74, 6) is -0.187. The molecule has 8 heteroatoms. The van der Waals surface area contributed by atoms with Crippen LogP contribution in [0.5, 0.6) is 0 Å². The zero-order valence-electron chi connectivity index (χ0n) is 14.1. The molecule has 0 saturated carbocycles. The molecule has 3 rings (SSSR count). The van der Waals surface area contributed by atoms with Crippen LogP contribution in [0.3, 0.4) is 0 Å². The average Bonchev–Trinajstić information content (AvgIpc) is 3.17. The Labute approximate surface area is 149 Å². The minimum Gasteiger partial charge on any atom is -0.472 e. The molecular formula is C18H19N3O5. The number of piperidine rings is 1. The molecule has 1 aromatic heterocycles. The van der Waals surface area contributed by atoms with Crippen LogP contribution in [0.1, 0.15) is 28.8 Å². The molecule has 1 aliphatic rings. The van der Waals surface area contributed by atoms with Crippen LogP contribution in [0, 0.1) is 10.1 Å². The summed E-state index contributed by atoms with van der Waals surface area (Å²) in [5.41, 5.74) is 1.26. The fraction of sp³-hybridized carbons (Fsp3) is 0.333. The second-order valence-electron chi connectivity index (χ2n) is 6.25. The number of furan rings is 1. The summed E-state index contributed by atoms with van der Waals surface area (Å²) in [6, 6.07) is 7.62. The highest BCUT2D eigenvalue weighted by atomic mass is 16.6. The summed E-state index contributed by atoms with van der Waals surface area (Å²) in [5, 5.41) is 13.6. The molecule has 0 radical (unpaired) electrons. The lowest BCUT2D eigenvalue weighted by molar-refractivity contribution is -0.384. The van der Waals surface area contributed by atoms with Crippen molar-refractivity contribution >= 4 is 17.5 Å². The first-order chi connectivity index (χ1) is 12.5. The maximum absolute atomic E-state index is 12.2. The van der Waals surface area contributed by atoms with E-state index < -0.39 is 4.92 Å². The molecule has 1 N–H and O–H groups in total. The third-order valence-corrected chi connectivity index (χ3v) is 4.43. The molecule has 0 spiro atoms. The topological polar surface area (TPSA) is 106 Å². The van der Waals surface area contributed by atoms with Crippen LogP contribution >= 0.6 is 0 Å². The third kappa shape index (κ3) is 4.27. The van der Waals surface area contributed by atoms with Crippen molar-refractivity contribution in [2.24, 2.45) is 0 Å². The van der Waals surface area contributed by atoms with Crippen LogP contribution in [0.15, 0.2) is 47.3 Å². The highest BCUT2D eigenvalue weighted by Gasteiger charge is 2.25. The summed E-state index contributed by atoms with van der Waals surface area (Å²) < 4.78 is 4.94. The van der Waals surface area contributed by atoms with E-state index in [1.807, 2.05) is 0 Å². The SMILES string of the molecule is O=C(Cc1ccc([N+](=O)[O-])cc1)NC1CCN(C(=O)c2ccoc2)CC1. The summed E-state index contributed by atoms with van der Waals surface area (Å²) >= 11 is 0. The monoisotopic (exact) mass is 357 g/mol. The van der Waals surface area contributed by atoms with Crippen molar-refractivity contribution in [2.45, 2.75) is 25.3 Å².